The van der Waals surface area contributed by atoms with Crippen molar-refractivity contribution in [3.63, 3.8) is 0 Å². The normalized spacial score (nSPS) is 18.6. The maximum atomic E-state index is 13.1. The Balaban J connectivity index is 1.34. The first kappa shape index (κ1) is 21.5. The van der Waals surface area contributed by atoms with Gasteiger partial charge in [-0.2, -0.15) is 0 Å². The highest BCUT2D eigenvalue weighted by molar-refractivity contribution is 5.87. The first-order valence-electron chi connectivity index (χ1n) is 10.6. The third kappa shape index (κ3) is 4.93. The Morgan fingerprint density at radius 2 is 1.56 bits per heavy atom. The van der Waals surface area contributed by atoms with Gasteiger partial charge in [0.25, 0.3) is 5.91 Å². The zero-order chi connectivity index (χ0) is 22.5. The lowest BCUT2D eigenvalue weighted by molar-refractivity contribution is -0.146. The molecule has 4 amide bonds. The fraction of sp³-hybridized carbons (Fsp3) is 0.348. The molecular formula is C23H26N4O5. The SMILES string of the molecule is NC(=O)N[C@@H](Cc1ccccc1)C(=O)N1CCN(C(=O)[C@H]2COc3ccccc3O2)CC1. The number of hydrogen-bond donors (Lipinski definition) is 2. The van der Waals surface area contributed by atoms with Crippen LogP contribution in [0, 0.1) is 0 Å². The minimum atomic E-state index is -0.760. The number of carbonyl (C=O) groups is 3. The van der Waals surface area contributed by atoms with Gasteiger partial charge in [0.15, 0.2) is 11.5 Å². The first-order valence-corrected chi connectivity index (χ1v) is 10.6. The Labute approximate surface area is 186 Å². The molecule has 2 aliphatic heterocycles. The number of ether oxygens (including phenoxy) is 2. The summed E-state index contributed by atoms with van der Waals surface area (Å²) in [5, 5.41) is 2.55. The van der Waals surface area contributed by atoms with Gasteiger partial charge in [-0.15, -0.1) is 0 Å². The summed E-state index contributed by atoms with van der Waals surface area (Å²) < 4.78 is 11.5. The summed E-state index contributed by atoms with van der Waals surface area (Å²) >= 11 is 0. The zero-order valence-electron chi connectivity index (χ0n) is 17.6. The molecule has 3 N–H and O–H groups in total. The number of fused-ring (bicyclic) bond motifs is 1. The van der Waals surface area contributed by atoms with Crippen LogP contribution in [0.5, 0.6) is 11.5 Å². The first-order chi connectivity index (χ1) is 15.5. The van der Waals surface area contributed by atoms with Crippen molar-refractivity contribution in [3.05, 3.63) is 60.2 Å². The molecule has 9 heteroatoms. The Morgan fingerprint density at radius 1 is 0.938 bits per heavy atom. The number of hydrogen-bond acceptors (Lipinski definition) is 5. The predicted octanol–water partition coefficient (Wildman–Crippen LogP) is 0.777. The number of para-hydroxylation sites is 2. The highest BCUT2D eigenvalue weighted by Gasteiger charge is 2.34. The molecule has 0 bridgehead atoms. The molecule has 2 aromatic rings. The smallest absolute Gasteiger partial charge is 0.312 e. The van der Waals surface area contributed by atoms with Crippen LogP contribution in [0.2, 0.25) is 0 Å². The lowest BCUT2D eigenvalue weighted by Crippen LogP contribution is -2.58. The van der Waals surface area contributed by atoms with Crippen LogP contribution in [-0.4, -0.2) is 72.6 Å². The topological polar surface area (TPSA) is 114 Å². The van der Waals surface area contributed by atoms with E-state index in [4.69, 9.17) is 15.2 Å². The van der Waals surface area contributed by atoms with Crippen LogP contribution in [0.15, 0.2) is 54.6 Å². The Morgan fingerprint density at radius 3 is 2.25 bits per heavy atom. The standard InChI is InChI=1S/C23H26N4O5/c24-23(30)25-17(14-16-6-2-1-3-7-16)21(28)26-10-12-27(13-11-26)22(29)20-15-31-18-8-4-5-9-19(18)32-20/h1-9,17,20H,10-15H2,(H3,24,25,30)/t17-,20+/m0/s1. The van der Waals surface area contributed by atoms with Gasteiger partial charge in [0.05, 0.1) is 0 Å². The number of amides is 4. The second-order valence-corrected chi connectivity index (χ2v) is 7.77. The number of carbonyl (C=O) groups excluding carboxylic acids is 3. The van der Waals surface area contributed by atoms with E-state index in [9.17, 15) is 14.4 Å². The average molecular weight is 438 g/mol. The van der Waals surface area contributed by atoms with Crippen molar-refractivity contribution in [1.29, 1.82) is 0 Å². The summed E-state index contributed by atoms with van der Waals surface area (Å²) in [4.78, 5) is 40.8. The molecule has 0 saturated carbocycles. The van der Waals surface area contributed by atoms with Gasteiger partial charge in [0.2, 0.25) is 12.0 Å². The number of benzene rings is 2. The van der Waals surface area contributed by atoms with Gasteiger partial charge in [-0.3, -0.25) is 9.59 Å². The van der Waals surface area contributed by atoms with E-state index in [1.54, 1.807) is 21.9 Å². The molecule has 1 fully saturated rings. The second-order valence-electron chi connectivity index (χ2n) is 7.77. The van der Waals surface area contributed by atoms with Crippen LogP contribution in [0.1, 0.15) is 5.56 Å². The van der Waals surface area contributed by atoms with E-state index in [2.05, 4.69) is 5.32 Å². The van der Waals surface area contributed by atoms with Crippen LogP contribution >= 0.6 is 0 Å². The number of nitrogens with zero attached hydrogens (tertiary/aromatic N) is 2. The molecule has 1 saturated heterocycles. The third-order valence-electron chi connectivity index (χ3n) is 5.58. The van der Waals surface area contributed by atoms with E-state index in [1.807, 2.05) is 42.5 Å². The quantitative estimate of drug-likeness (QED) is 0.716. The number of primary amides is 1. The van der Waals surface area contributed by atoms with Crippen molar-refractivity contribution in [2.45, 2.75) is 18.6 Å². The summed E-state index contributed by atoms with van der Waals surface area (Å²) in [7, 11) is 0. The monoisotopic (exact) mass is 438 g/mol. The van der Waals surface area contributed by atoms with E-state index in [1.165, 1.54) is 0 Å². The van der Waals surface area contributed by atoms with Crippen LogP contribution in [-0.2, 0) is 16.0 Å². The molecule has 0 aromatic heterocycles. The summed E-state index contributed by atoms with van der Waals surface area (Å²) in [5.74, 6) is 0.791. The van der Waals surface area contributed by atoms with Crippen LogP contribution < -0.4 is 20.5 Å². The Kier molecular flexibility index (Phi) is 6.44. The molecule has 0 aliphatic carbocycles. The van der Waals surface area contributed by atoms with E-state index in [-0.39, 0.29) is 18.4 Å². The molecule has 168 valence electrons. The Hall–Kier alpha value is -3.75. The number of nitrogens with one attached hydrogen (secondary N) is 1. The van der Waals surface area contributed by atoms with E-state index < -0.39 is 18.2 Å². The molecular weight excluding hydrogens is 412 g/mol. The van der Waals surface area contributed by atoms with Crippen molar-refractivity contribution in [3.8, 4) is 11.5 Å². The third-order valence-corrected chi connectivity index (χ3v) is 5.58. The highest BCUT2D eigenvalue weighted by Crippen LogP contribution is 2.31. The molecule has 32 heavy (non-hydrogen) atoms. The van der Waals surface area contributed by atoms with E-state index in [0.29, 0.717) is 44.1 Å². The van der Waals surface area contributed by atoms with Crippen LogP contribution in [0.4, 0.5) is 4.79 Å². The van der Waals surface area contributed by atoms with Crippen molar-refractivity contribution in [2.75, 3.05) is 32.8 Å². The van der Waals surface area contributed by atoms with Crippen LogP contribution in [0.25, 0.3) is 0 Å². The number of piperazine rings is 1. The van der Waals surface area contributed by atoms with Crippen molar-refractivity contribution in [1.82, 2.24) is 15.1 Å². The van der Waals surface area contributed by atoms with Crippen molar-refractivity contribution >= 4 is 17.8 Å². The molecule has 2 aromatic carbocycles. The molecule has 0 unspecified atom stereocenters. The molecule has 0 spiro atoms. The van der Waals surface area contributed by atoms with Gasteiger partial charge in [-0.05, 0) is 17.7 Å². The highest BCUT2D eigenvalue weighted by atomic mass is 16.6. The lowest BCUT2D eigenvalue weighted by Gasteiger charge is -2.38. The lowest BCUT2D eigenvalue weighted by atomic mass is 10.0. The van der Waals surface area contributed by atoms with Crippen molar-refractivity contribution < 1.29 is 23.9 Å². The van der Waals surface area contributed by atoms with Gasteiger partial charge < -0.3 is 30.3 Å². The summed E-state index contributed by atoms with van der Waals surface area (Å²) in [6, 6.07) is 15.2. The minimum absolute atomic E-state index is 0.149. The molecule has 2 atom stereocenters. The average Bonchev–Trinajstić information content (AvgIpc) is 2.83. The van der Waals surface area contributed by atoms with Crippen LogP contribution in [0.3, 0.4) is 0 Å². The molecule has 9 nitrogen and oxygen atoms in total. The van der Waals surface area contributed by atoms with Gasteiger partial charge in [-0.1, -0.05) is 42.5 Å². The fourth-order valence-electron chi connectivity index (χ4n) is 3.93. The van der Waals surface area contributed by atoms with Gasteiger partial charge in [-0.25, -0.2) is 4.79 Å². The fourth-order valence-corrected chi connectivity index (χ4v) is 3.93. The molecule has 2 heterocycles. The zero-order valence-corrected chi connectivity index (χ0v) is 17.6. The molecule has 2 aliphatic rings. The largest absolute Gasteiger partial charge is 0.485 e. The summed E-state index contributed by atoms with van der Waals surface area (Å²) in [6.07, 6.45) is -0.372. The van der Waals surface area contributed by atoms with E-state index >= 15 is 0 Å². The number of nitrogens with two attached hydrogens (primary N) is 1. The van der Waals surface area contributed by atoms with Gasteiger partial charge in [0.1, 0.15) is 12.6 Å². The number of rotatable bonds is 5. The maximum absolute atomic E-state index is 13.1. The summed E-state index contributed by atoms with van der Waals surface area (Å²) in [6.45, 7) is 1.62. The predicted molar refractivity (Wildman–Crippen MR) is 116 cm³/mol. The second kappa shape index (κ2) is 9.59. The molecule has 0 radical (unpaired) electrons. The van der Waals surface area contributed by atoms with Gasteiger partial charge >= 0.3 is 6.03 Å². The summed E-state index contributed by atoms with van der Waals surface area (Å²) in [5.41, 5.74) is 6.21. The Bertz CT molecular complexity index is 975. The number of urea groups is 1. The molecule has 4 rings (SSSR count). The minimum Gasteiger partial charge on any atom is -0.485 e. The van der Waals surface area contributed by atoms with E-state index in [0.717, 1.165) is 5.56 Å². The maximum Gasteiger partial charge on any atom is 0.312 e. The van der Waals surface area contributed by atoms with Crippen molar-refractivity contribution in [2.24, 2.45) is 5.73 Å². The van der Waals surface area contributed by atoms with Gasteiger partial charge in [0, 0.05) is 32.6 Å².